The fourth-order valence-corrected chi connectivity index (χ4v) is 1.62. The first-order chi connectivity index (χ1) is 8.09. The fraction of sp³-hybridized carbons (Fsp3) is 0. The Morgan fingerprint density at radius 3 is 2.24 bits per heavy atom. The molecule has 2 aromatic carbocycles. The first kappa shape index (κ1) is 11.0. The number of nitrogens with two attached hydrogens (primary N) is 1. The third-order valence-electron chi connectivity index (χ3n) is 2.48. The van der Waals surface area contributed by atoms with Gasteiger partial charge in [0.25, 0.3) is 5.91 Å². The summed E-state index contributed by atoms with van der Waals surface area (Å²) >= 11 is 0. The molecule has 0 radical (unpaired) electrons. The van der Waals surface area contributed by atoms with E-state index < -0.39 is 5.91 Å². The number of hydrogen-bond acceptors (Lipinski definition) is 3. The summed E-state index contributed by atoms with van der Waals surface area (Å²) in [6.07, 6.45) is 0. The van der Waals surface area contributed by atoms with Crippen LogP contribution in [0.1, 0.15) is 10.4 Å². The summed E-state index contributed by atoms with van der Waals surface area (Å²) < 4.78 is 0. The number of carbonyl (C=O) groups excluding carboxylic acids is 1. The third kappa shape index (κ3) is 2.06. The van der Waals surface area contributed by atoms with Crippen LogP contribution in [-0.4, -0.2) is 16.1 Å². The minimum Gasteiger partial charge on any atom is -0.508 e. The number of amides is 1. The molecule has 0 saturated heterocycles. The molecule has 0 aliphatic rings. The molecule has 86 valence electrons. The number of carbonyl (C=O) groups is 1. The maximum Gasteiger partial charge on any atom is 0.252 e. The molecule has 4 heteroatoms. The van der Waals surface area contributed by atoms with Crippen molar-refractivity contribution in [1.29, 1.82) is 0 Å². The highest BCUT2D eigenvalue weighted by Crippen LogP contribution is 2.32. The van der Waals surface area contributed by atoms with Crippen molar-refractivity contribution < 1.29 is 15.0 Å². The molecule has 0 atom stereocenters. The number of phenols is 2. The van der Waals surface area contributed by atoms with E-state index in [1.807, 2.05) is 0 Å². The van der Waals surface area contributed by atoms with Crippen LogP contribution in [0.3, 0.4) is 0 Å². The topological polar surface area (TPSA) is 83.6 Å². The average Bonchev–Trinajstić information content (AvgIpc) is 2.30. The minimum atomic E-state index is -0.678. The molecule has 0 saturated carbocycles. The second kappa shape index (κ2) is 4.17. The lowest BCUT2D eigenvalue weighted by atomic mass is 10.0. The quantitative estimate of drug-likeness (QED) is 0.735. The van der Waals surface area contributed by atoms with Crippen LogP contribution < -0.4 is 5.73 Å². The normalized spacial score (nSPS) is 10.1. The van der Waals surface area contributed by atoms with Crippen molar-refractivity contribution in [1.82, 2.24) is 0 Å². The summed E-state index contributed by atoms with van der Waals surface area (Å²) in [5, 5.41) is 19.1. The van der Waals surface area contributed by atoms with Crippen molar-refractivity contribution in [2.45, 2.75) is 0 Å². The minimum absolute atomic E-state index is 0.0792. The Balaban J connectivity index is 2.56. The Morgan fingerprint density at radius 2 is 1.65 bits per heavy atom. The van der Waals surface area contributed by atoms with Gasteiger partial charge in [-0.2, -0.15) is 0 Å². The Labute approximate surface area is 97.9 Å². The van der Waals surface area contributed by atoms with Gasteiger partial charge in [0.05, 0.1) is 5.56 Å². The van der Waals surface area contributed by atoms with Gasteiger partial charge in [0.1, 0.15) is 11.5 Å². The summed E-state index contributed by atoms with van der Waals surface area (Å²) in [5.74, 6) is -0.687. The number of phenolic OH excluding ortho intramolecular Hbond substituents is 1. The lowest BCUT2D eigenvalue weighted by Gasteiger charge is -2.07. The second-order valence-corrected chi connectivity index (χ2v) is 3.61. The maximum atomic E-state index is 11.1. The first-order valence-electron chi connectivity index (χ1n) is 5.01. The predicted molar refractivity (Wildman–Crippen MR) is 63.7 cm³/mol. The zero-order valence-electron chi connectivity index (χ0n) is 8.92. The van der Waals surface area contributed by atoms with Crippen LogP contribution in [0.5, 0.6) is 11.5 Å². The maximum absolute atomic E-state index is 11.1. The molecular formula is C13H11NO3. The molecule has 0 aliphatic heterocycles. The van der Waals surface area contributed by atoms with Gasteiger partial charge < -0.3 is 15.9 Å². The van der Waals surface area contributed by atoms with Crippen LogP contribution >= 0.6 is 0 Å². The van der Waals surface area contributed by atoms with Gasteiger partial charge in [0.15, 0.2) is 0 Å². The molecule has 0 unspecified atom stereocenters. The number of benzene rings is 2. The van der Waals surface area contributed by atoms with E-state index in [9.17, 15) is 15.0 Å². The largest absolute Gasteiger partial charge is 0.508 e. The van der Waals surface area contributed by atoms with E-state index in [-0.39, 0.29) is 17.1 Å². The van der Waals surface area contributed by atoms with Crippen molar-refractivity contribution in [2.24, 2.45) is 5.73 Å². The van der Waals surface area contributed by atoms with Gasteiger partial charge in [-0.3, -0.25) is 4.79 Å². The molecule has 2 aromatic rings. The summed E-state index contributed by atoms with van der Waals surface area (Å²) in [6, 6.07) is 11.1. The molecule has 4 N–H and O–H groups in total. The number of rotatable bonds is 2. The molecule has 0 aromatic heterocycles. The van der Waals surface area contributed by atoms with Gasteiger partial charge in [-0.05, 0) is 23.8 Å². The standard InChI is InChI=1S/C13H11NO3/c14-13(17)11-3-1-2-10(12(11)16)8-4-6-9(15)7-5-8/h1-7,15-16H,(H2,14,17). The van der Waals surface area contributed by atoms with Crippen LogP contribution in [-0.2, 0) is 0 Å². The number of aromatic hydroxyl groups is 2. The highest BCUT2D eigenvalue weighted by molar-refractivity contribution is 5.98. The smallest absolute Gasteiger partial charge is 0.252 e. The Bertz CT molecular complexity index is 561. The van der Waals surface area contributed by atoms with Crippen molar-refractivity contribution >= 4 is 5.91 Å². The molecule has 4 nitrogen and oxygen atoms in total. The molecular weight excluding hydrogens is 218 g/mol. The van der Waals surface area contributed by atoms with E-state index in [1.54, 1.807) is 24.3 Å². The third-order valence-corrected chi connectivity index (χ3v) is 2.48. The van der Waals surface area contributed by atoms with Crippen LogP contribution in [0, 0.1) is 0 Å². The molecule has 1 amide bonds. The second-order valence-electron chi connectivity index (χ2n) is 3.61. The van der Waals surface area contributed by atoms with Gasteiger partial charge in [0.2, 0.25) is 0 Å². The Kier molecular flexibility index (Phi) is 2.70. The van der Waals surface area contributed by atoms with Gasteiger partial charge in [0, 0.05) is 5.56 Å². The fourth-order valence-electron chi connectivity index (χ4n) is 1.62. The molecule has 0 aliphatic carbocycles. The highest BCUT2D eigenvalue weighted by Gasteiger charge is 2.12. The Hall–Kier alpha value is -2.49. The van der Waals surface area contributed by atoms with E-state index in [2.05, 4.69) is 0 Å². The molecule has 0 bridgehead atoms. The number of hydrogen-bond donors (Lipinski definition) is 3. The average molecular weight is 229 g/mol. The van der Waals surface area contributed by atoms with Crippen molar-refractivity contribution in [2.75, 3.05) is 0 Å². The van der Waals surface area contributed by atoms with E-state index in [0.717, 1.165) is 0 Å². The summed E-state index contributed by atoms with van der Waals surface area (Å²) in [6.45, 7) is 0. The zero-order valence-corrected chi connectivity index (χ0v) is 8.92. The monoisotopic (exact) mass is 229 g/mol. The highest BCUT2D eigenvalue weighted by atomic mass is 16.3. The molecule has 17 heavy (non-hydrogen) atoms. The summed E-state index contributed by atoms with van der Waals surface area (Å²) in [4.78, 5) is 11.1. The SMILES string of the molecule is NC(=O)c1cccc(-c2ccc(O)cc2)c1O. The number of primary amides is 1. The van der Waals surface area contributed by atoms with E-state index in [4.69, 9.17) is 5.73 Å². The van der Waals surface area contributed by atoms with Gasteiger partial charge in [-0.15, -0.1) is 0 Å². The van der Waals surface area contributed by atoms with Crippen molar-refractivity contribution in [3.05, 3.63) is 48.0 Å². The molecule has 2 rings (SSSR count). The molecule has 0 fully saturated rings. The van der Waals surface area contributed by atoms with Crippen LogP contribution in [0.15, 0.2) is 42.5 Å². The predicted octanol–water partition coefficient (Wildman–Crippen LogP) is 1.86. The summed E-state index contributed by atoms with van der Waals surface area (Å²) in [7, 11) is 0. The first-order valence-corrected chi connectivity index (χ1v) is 5.01. The Morgan fingerprint density at radius 1 is 1.00 bits per heavy atom. The van der Waals surface area contributed by atoms with Crippen LogP contribution in [0.25, 0.3) is 11.1 Å². The molecule has 0 heterocycles. The zero-order chi connectivity index (χ0) is 12.4. The van der Waals surface area contributed by atoms with E-state index >= 15 is 0 Å². The number of para-hydroxylation sites is 1. The van der Waals surface area contributed by atoms with E-state index in [0.29, 0.717) is 11.1 Å². The van der Waals surface area contributed by atoms with Gasteiger partial charge in [-0.25, -0.2) is 0 Å². The van der Waals surface area contributed by atoms with Crippen LogP contribution in [0.2, 0.25) is 0 Å². The van der Waals surface area contributed by atoms with Crippen molar-refractivity contribution in [3.63, 3.8) is 0 Å². The van der Waals surface area contributed by atoms with E-state index in [1.165, 1.54) is 18.2 Å². The van der Waals surface area contributed by atoms with Crippen molar-refractivity contribution in [3.8, 4) is 22.6 Å². The lowest BCUT2D eigenvalue weighted by Crippen LogP contribution is -2.11. The summed E-state index contributed by atoms with van der Waals surface area (Å²) in [5.41, 5.74) is 6.42. The lowest BCUT2D eigenvalue weighted by molar-refractivity contribution is 0.0998. The van der Waals surface area contributed by atoms with Gasteiger partial charge in [-0.1, -0.05) is 24.3 Å². The van der Waals surface area contributed by atoms with Crippen LogP contribution in [0.4, 0.5) is 0 Å². The molecule has 0 spiro atoms. The van der Waals surface area contributed by atoms with Gasteiger partial charge >= 0.3 is 0 Å².